The quantitative estimate of drug-likeness (QED) is 0.732. The van der Waals surface area contributed by atoms with Crippen LogP contribution in [0.25, 0.3) is 0 Å². The molecular formula is C25H36O4. The smallest absolute Gasteiger partial charge is 0.145 e. The molecule has 1 saturated heterocycles. The van der Waals surface area contributed by atoms with Gasteiger partial charge in [0.05, 0.1) is 17.8 Å². The Morgan fingerprint density at radius 3 is 2.66 bits per heavy atom. The van der Waals surface area contributed by atoms with Crippen molar-refractivity contribution in [3.8, 4) is 0 Å². The summed E-state index contributed by atoms with van der Waals surface area (Å²) in [6, 6.07) is 1.97. The van der Waals surface area contributed by atoms with Crippen molar-refractivity contribution in [2.45, 2.75) is 84.5 Å². The molecule has 3 fully saturated rings. The lowest BCUT2D eigenvalue weighted by Gasteiger charge is -2.49. The summed E-state index contributed by atoms with van der Waals surface area (Å²) >= 11 is 0. The number of aliphatic hydroxyl groups is 1. The molecule has 0 bridgehead atoms. The molecule has 0 radical (unpaired) electrons. The van der Waals surface area contributed by atoms with Gasteiger partial charge in [-0.2, -0.15) is 0 Å². The van der Waals surface area contributed by atoms with Crippen LogP contribution in [0.2, 0.25) is 0 Å². The predicted octanol–water partition coefficient (Wildman–Crippen LogP) is 4.87. The van der Waals surface area contributed by atoms with Crippen LogP contribution in [0.15, 0.2) is 28.4 Å². The number of furan rings is 1. The molecule has 1 N–H and O–H groups in total. The standard InChI is InChI=1S/C25H36O4/c1-14(2)13-20-25(27)17(5)18-8-7-16(4)21(18)22(26)23(25)24(6,29-20)11-9-19-15(3)10-12-28-19/h10,12-13,16-18,20-21,23,27H,7-9,11H2,1-6H3/t16-,17-,18-,20+,21+,23-,24-,25-/m1/s1. The lowest BCUT2D eigenvalue weighted by atomic mass is 9.55. The van der Waals surface area contributed by atoms with E-state index in [0.717, 1.165) is 29.7 Å². The molecule has 2 saturated carbocycles. The van der Waals surface area contributed by atoms with Gasteiger partial charge in [-0.25, -0.2) is 0 Å². The molecule has 2 heterocycles. The number of Topliss-reactive ketones (excluding diaryl/α,β-unsaturated/α-hetero) is 1. The van der Waals surface area contributed by atoms with Crippen LogP contribution in [-0.2, 0) is 16.0 Å². The molecule has 1 aromatic heterocycles. The van der Waals surface area contributed by atoms with Crippen molar-refractivity contribution in [3.63, 3.8) is 0 Å². The number of carbonyl (C=O) groups excluding carboxylic acids is 1. The fourth-order valence-electron chi connectivity index (χ4n) is 6.68. The second-order valence-electron chi connectivity index (χ2n) is 10.4. The highest BCUT2D eigenvalue weighted by Crippen LogP contribution is 2.60. The van der Waals surface area contributed by atoms with Gasteiger partial charge in [-0.05, 0) is 76.3 Å². The average Bonchev–Trinajstić information content (AvgIpc) is 3.28. The SMILES string of the molecule is CC(C)=C[C@@H]1O[C@](C)(CCc2occc2C)[C@H]2C(=O)[C@@H]3[C@H](CC[C@H]3C)[C@@H](C)[C@@]12O. The largest absolute Gasteiger partial charge is 0.469 e. The zero-order chi connectivity index (χ0) is 21.1. The molecule has 160 valence electrons. The highest BCUT2D eigenvalue weighted by atomic mass is 16.5. The van der Waals surface area contributed by atoms with E-state index in [1.54, 1.807) is 6.26 Å². The van der Waals surface area contributed by atoms with Gasteiger partial charge in [-0.15, -0.1) is 0 Å². The molecule has 4 rings (SSSR count). The second kappa shape index (κ2) is 7.09. The predicted molar refractivity (Wildman–Crippen MR) is 112 cm³/mol. The van der Waals surface area contributed by atoms with Gasteiger partial charge in [-0.1, -0.05) is 25.5 Å². The maximum absolute atomic E-state index is 13.8. The fraction of sp³-hybridized carbons (Fsp3) is 0.720. The van der Waals surface area contributed by atoms with Gasteiger partial charge < -0.3 is 14.3 Å². The zero-order valence-electron chi connectivity index (χ0n) is 18.7. The topological polar surface area (TPSA) is 59.7 Å². The second-order valence-corrected chi connectivity index (χ2v) is 10.4. The van der Waals surface area contributed by atoms with E-state index >= 15 is 0 Å². The first-order valence-electron chi connectivity index (χ1n) is 11.2. The van der Waals surface area contributed by atoms with Crippen molar-refractivity contribution >= 4 is 5.78 Å². The third-order valence-electron chi connectivity index (χ3n) is 8.24. The van der Waals surface area contributed by atoms with Gasteiger partial charge in [0.25, 0.3) is 0 Å². The lowest BCUT2D eigenvalue weighted by molar-refractivity contribution is -0.161. The van der Waals surface area contributed by atoms with E-state index in [1.807, 2.05) is 39.8 Å². The molecule has 8 atom stereocenters. The van der Waals surface area contributed by atoms with Crippen LogP contribution in [0.4, 0.5) is 0 Å². The maximum Gasteiger partial charge on any atom is 0.145 e. The minimum atomic E-state index is -1.15. The minimum Gasteiger partial charge on any atom is -0.469 e. The molecule has 0 unspecified atom stereocenters. The Balaban J connectivity index is 1.74. The highest BCUT2D eigenvalue weighted by molar-refractivity contribution is 5.88. The molecule has 2 aliphatic carbocycles. The summed E-state index contributed by atoms with van der Waals surface area (Å²) in [4.78, 5) is 13.8. The van der Waals surface area contributed by atoms with Crippen molar-refractivity contribution in [1.82, 2.24) is 0 Å². The van der Waals surface area contributed by atoms with E-state index in [9.17, 15) is 9.90 Å². The number of allylic oxidation sites excluding steroid dienone is 1. The number of ether oxygens (including phenoxy) is 1. The molecule has 0 spiro atoms. The van der Waals surface area contributed by atoms with Gasteiger partial charge in [-0.3, -0.25) is 4.79 Å². The highest BCUT2D eigenvalue weighted by Gasteiger charge is 2.71. The molecule has 0 aromatic carbocycles. The normalized spacial score (nSPS) is 43.9. The number of hydrogen-bond acceptors (Lipinski definition) is 4. The summed E-state index contributed by atoms with van der Waals surface area (Å²) in [5.74, 6) is 1.39. The number of rotatable bonds is 4. The summed E-state index contributed by atoms with van der Waals surface area (Å²) in [6.45, 7) is 12.5. The Bertz CT molecular complexity index is 819. The fourth-order valence-corrected chi connectivity index (χ4v) is 6.68. The third kappa shape index (κ3) is 3.06. The van der Waals surface area contributed by atoms with E-state index in [-0.39, 0.29) is 23.5 Å². The summed E-state index contributed by atoms with van der Waals surface area (Å²) in [5.41, 5.74) is 0.376. The molecule has 4 nitrogen and oxygen atoms in total. The zero-order valence-corrected chi connectivity index (χ0v) is 18.7. The van der Waals surface area contributed by atoms with Crippen LogP contribution in [-0.4, -0.2) is 28.2 Å². The van der Waals surface area contributed by atoms with Gasteiger partial charge in [0, 0.05) is 12.3 Å². The number of carbonyl (C=O) groups is 1. The molecule has 4 heteroatoms. The number of hydrogen-bond donors (Lipinski definition) is 1. The Hall–Kier alpha value is -1.39. The minimum absolute atomic E-state index is 0.0351. The van der Waals surface area contributed by atoms with Crippen LogP contribution in [0, 0.1) is 36.5 Å². The summed E-state index contributed by atoms with van der Waals surface area (Å²) in [7, 11) is 0. The average molecular weight is 401 g/mol. The Morgan fingerprint density at radius 1 is 1.31 bits per heavy atom. The van der Waals surface area contributed by atoms with E-state index in [2.05, 4.69) is 13.8 Å². The van der Waals surface area contributed by atoms with E-state index in [1.165, 1.54) is 0 Å². The Morgan fingerprint density at radius 2 is 2.03 bits per heavy atom. The van der Waals surface area contributed by atoms with Crippen LogP contribution < -0.4 is 0 Å². The monoisotopic (exact) mass is 400 g/mol. The maximum atomic E-state index is 13.8. The van der Waals surface area contributed by atoms with Crippen LogP contribution in [0.3, 0.4) is 0 Å². The molecule has 3 aliphatic rings. The van der Waals surface area contributed by atoms with Crippen molar-refractivity contribution in [1.29, 1.82) is 0 Å². The Labute approximate surface area is 174 Å². The van der Waals surface area contributed by atoms with Crippen LogP contribution in [0.1, 0.15) is 65.2 Å². The summed E-state index contributed by atoms with van der Waals surface area (Å²) in [6.07, 6.45) is 6.75. The van der Waals surface area contributed by atoms with Crippen molar-refractivity contribution in [3.05, 3.63) is 35.3 Å². The van der Waals surface area contributed by atoms with E-state index < -0.39 is 23.2 Å². The summed E-state index contributed by atoms with van der Waals surface area (Å²) in [5, 5.41) is 12.1. The van der Waals surface area contributed by atoms with Crippen LogP contribution >= 0.6 is 0 Å². The molecule has 1 aromatic rings. The first-order valence-corrected chi connectivity index (χ1v) is 11.2. The van der Waals surface area contributed by atoms with Crippen molar-refractivity contribution in [2.75, 3.05) is 0 Å². The number of fused-ring (bicyclic) bond motifs is 2. The van der Waals surface area contributed by atoms with E-state index in [4.69, 9.17) is 9.15 Å². The Kier molecular flexibility index (Phi) is 5.10. The number of ketones is 1. The third-order valence-corrected chi connectivity index (χ3v) is 8.24. The van der Waals surface area contributed by atoms with Gasteiger partial charge in [0.2, 0.25) is 0 Å². The summed E-state index contributed by atoms with van der Waals surface area (Å²) < 4.78 is 12.2. The van der Waals surface area contributed by atoms with Gasteiger partial charge >= 0.3 is 0 Å². The van der Waals surface area contributed by atoms with Crippen molar-refractivity contribution < 1.29 is 19.1 Å². The molecule has 0 amide bonds. The molecular weight excluding hydrogens is 364 g/mol. The number of aryl methyl sites for hydroxylation is 2. The van der Waals surface area contributed by atoms with Gasteiger partial charge in [0.15, 0.2) is 0 Å². The molecule has 1 aliphatic heterocycles. The first kappa shape index (κ1) is 20.9. The molecule has 29 heavy (non-hydrogen) atoms. The lowest BCUT2D eigenvalue weighted by Crippen LogP contribution is -2.62. The van der Waals surface area contributed by atoms with Gasteiger partial charge in [0.1, 0.15) is 23.2 Å². The van der Waals surface area contributed by atoms with E-state index in [0.29, 0.717) is 18.8 Å². The van der Waals surface area contributed by atoms with Crippen LogP contribution in [0.5, 0.6) is 0 Å². The first-order chi connectivity index (χ1) is 13.6. The van der Waals surface area contributed by atoms with Crippen molar-refractivity contribution in [2.24, 2.45) is 29.6 Å².